The summed E-state index contributed by atoms with van der Waals surface area (Å²) in [6.45, 7) is 12.1. The number of hydrogen-bond acceptors (Lipinski definition) is 7. The molecule has 3 aromatic heterocycles. The van der Waals surface area contributed by atoms with Crippen molar-refractivity contribution in [1.82, 2.24) is 29.8 Å². The third kappa shape index (κ3) is 3.20. The quantitative estimate of drug-likeness (QED) is 0.703. The van der Waals surface area contributed by atoms with Gasteiger partial charge >= 0.3 is 0 Å². The van der Waals surface area contributed by atoms with E-state index in [1.54, 1.807) is 0 Å². The van der Waals surface area contributed by atoms with Gasteiger partial charge in [-0.25, -0.2) is 9.97 Å². The largest absolute Gasteiger partial charge is 0.351 e. The summed E-state index contributed by atoms with van der Waals surface area (Å²) in [7, 11) is 2.06. The molecule has 0 aliphatic carbocycles. The molecular formula is C19H26N8. The molecule has 0 radical (unpaired) electrons. The molecule has 0 unspecified atom stereocenters. The monoisotopic (exact) mass is 366 g/mol. The molecule has 0 bridgehead atoms. The molecule has 0 N–H and O–H groups in total. The summed E-state index contributed by atoms with van der Waals surface area (Å²) in [4.78, 5) is 13.6. The Morgan fingerprint density at radius 3 is 2.33 bits per heavy atom. The van der Waals surface area contributed by atoms with Crippen LogP contribution in [-0.2, 0) is 5.41 Å². The number of hydrogen-bond donors (Lipinski definition) is 0. The molecule has 0 atom stereocenters. The van der Waals surface area contributed by atoms with Crippen molar-refractivity contribution in [2.45, 2.75) is 46.1 Å². The zero-order valence-corrected chi connectivity index (χ0v) is 16.8. The van der Waals surface area contributed by atoms with E-state index in [1.807, 2.05) is 36.6 Å². The van der Waals surface area contributed by atoms with Crippen LogP contribution in [0.1, 0.15) is 38.0 Å². The minimum Gasteiger partial charge on any atom is -0.351 e. The Labute approximate surface area is 159 Å². The maximum Gasteiger partial charge on any atom is 0.225 e. The number of fused-ring (bicyclic) bond motifs is 1. The minimum atomic E-state index is -0.108. The fourth-order valence-electron chi connectivity index (χ4n) is 3.33. The Balaban J connectivity index is 1.52. The first-order valence-electron chi connectivity index (χ1n) is 9.25. The van der Waals surface area contributed by atoms with Crippen molar-refractivity contribution < 1.29 is 0 Å². The van der Waals surface area contributed by atoms with Crippen LogP contribution in [0.3, 0.4) is 0 Å². The van der Waals surface area contributed by atoms with Crippen LogP contribution >= 0.6 is 0 Å². The molecule has 4 rings (SSSR count). The summed E-state index contributed by atoms with van der Waals surface area (Å²) in [5, 5.41) is 13.3. The molecule has 0 aromatic carbocycles. The number of rotatable bonds is 3. The summed E-state index contributed by atoms with van der Waals surface area (Å²) in [5.41, 5.74) is 2.66. The molecule has 8 nitrogen and oxygen atoms in total. The van der Waals surface area contributed by atoms with Gasteiger partial charge in [0.1, 0.15) is 5.82 Å². The molecule has 1 aliphatic rings. The van der Waals surface area contributed by atoms with Crippen LogP contribution < -0.4 is 9.80 Å². The van der Waals surface area contributed by atoms with E-state index in [4.69, 9.17) is 5.10 Å². The Bertz CT molecular complexity index is 961. The second kappa shape index (κ2) is 6.14. The second-order valence-electron chi connectivity index (χ2n) is 8.36. The lowest BCUT2D eigenvalue weighted by atomic mass is 9.96. The minimum absolute atomic E-state index is 0.108. The summed E-state index contributed by atoms with van der Waals surface area (Å²) in [6, 6.07) is 6.36. The summed E-state index contributed by atoms with van der Waals surface area (Å²) < 4.78 is 1.86. The van der Waals surface area contributed by atoms with Gasteiger partial charge < -0.3 is 9.80 Å². The van der Waals surface area contributed by atoms with Crippen LogP contribution in [0.4, 0.5) is 11.8 Å². The van der Waals surface area contributed by atoms with Gasteiger partial charge in [-0.2, -0.15) is 4.52 Å². The van der Waals surface area contributed by atoms with Crippen LogP contribution in [0.5, 0.6) is 0 Å². The normalized spacial score (nSPS) is 15.3. The van der Waals surface area contributed by atoms with Gasteiger partial charge in [0.2, 0.25) is 5.95 Å². The van der Waals surface area contributed by atoms with E-state index in [2.05, 4.69) is 57.8 Å². The lowest BCUT2D eigenvalue weighted by Gasteiger charge is -2.44. The third-order valence-corrected chi connectivity index (χ3v) is 4.94. The van der Waals surface area contributed by atoms with E-state index >= 15 is 0 Å². The lowest BCUT2D eigenvalue weighted by Crippen LogP contribution is -2.59. The maximum atomic E-state index is 4.79. The average molecular weight is 366 g/mol. The summed E-state index contributed by atoms with van der Waals surface area (Å²) in [6.07, 6.45) is 0. The van der Waals surface area contributed by atoms with Gasteiger partial charge in [-0.1, -0.05) is 20.8 Å². The first-order valence-corrected chi connectivity index (χ1v) is 9.25. The van der Waals surface area contributed by atoms with Crippen molar-refractivity contribution in [3.8, 4) is 0 Å². The van der Waals surface area contributed by atoms with E-state index in [0.29, 0.717) is 6.04 Å². The van der Waals surface area contributed by atoms with E-state index in [9.17, 15) is 0 Å². The second-order valence-corrected chi connectivity index (χ2v) is 8.36. The van der Waals surface area contributed by atoms with Crippen LogP contribution in [0.2, 0.25) is 0 Å². The van der Waals surface area contributed by atoms with E-state index in [-0.39, 0.29) is 5.41 Å². The van der Waals surface area contributed by atoms with Crippen LogP contribution in [0, 0.1) is 13.8 Å². The molecule has 0 amide bonds. The first kappa shape index (κ1) is 17.6. The Hall–Kier alpha value is -2.77. The van der Waals surface area contributed by atoms with Gasteiger partial charge in [-0.15, -0.1) is 15.3 Å². The van der Waals surface area contributed by atoms with Crippen LogP contribution in [0.25, 0.3) is 5.65 Å². The molecule has 0 saturated carbocycles. The highest BCUT2D eigenvalue weighted by molar-refractivity contribution is 5.50. The highest BCUT2D eigenvalue weighted by Gasteiger charge is 2.33. The van der Waals surface area contributed by atoms with Gasteiger partial charge in [-0.3, -0.25) is 0 Å². The summed E-state index contributed by atoms with van der Waals surface area (Å²) >= 11 is 0. The fourth-order valence-corrected chi connectivity index (χ4v) is 3.33. The molecule has 27 heavy (non-hydrogen) atoms. The Morgan fingerprint density at radius 1 is 1.04 bits per heavy atom. The number of likely N-dealkylation sites (N-methyl/N-ethyl adjacent to an activating group) is 1. The van der Waals surface area contributed by atoms with Gasteiger partial charge in [0.05, 0.1) is 6.04 Å². The molecule has 142 valence electrons. The predicted molar refractivity (Wildman–Crippen MR) is 105 cm³/mol. The van der Waals surface area contributed by atoms with E-state index < -0.39 is 0 Å². The Morgan fingerprint density at radius 2 is 1.70 bits per heavy atom. The van der Waals surface area contributed by atoms with Crippen LogP contribution in [0.15, 0.2) is 18.2 Å². The number of anilines is 2. The molecular weight excluding hydrogens is 340 g/mol. The third-order valence-electron chi connectivity index (χ3n) is 4.94. The van der Waals surface area contributed by atoms with Crippen molar-refractivity contribution in [2.24, 2.45) is 0 Å². The molecule has 4 heterocycles. The highest BCUT2D eigenvalue weighted by Crippen LogP contribution is 2.25. The number of nitrogens with zero attached hydrogens (tertiary/aromatic N) is 8. The SMILES string of the molecule is Cc1cc(C)nc(N(C)C2CN(c3ccc4nnc(C(C)(C)C)n4n3)C2)n1. The highest BCUT2D eigenvalue weighted by atomic mass is 15.4. The fraction of sp³-hybridized carbons (Fsp3) is 0.526. The van der Waals surface area contributed by atoms with Crippen molar-refractivity contribution in [3.63, 3.8) is 0 Å². The molecule has 1 saturated heterocycles. The van der Waals surface area contributed by atoms with Crippen LogP contribution in [-0.4, -0.2) is 56.0 Å². The maximum absolute atomic E-state index is 4.79. The topological polar surface area (TPSA) is 75.3 Å². The molecule has 3 aromatic rings. The van der Waals surface area contributed by atoms with Crippen molar-refractivity contribution >= 4 is 17.4 Å². The van der Waals surface area contributed by atoms with Gasteiger partial charge in [-0.05, 0) is 32.0 Å². The zero-order chi connectivity index (χ0) is 19.3. The smallest absolute Gasteiger partial charge is 0.225 e. The van der Waals surface area contributed by atoms with Gasteiger partial charge in [0.25, 0.3) is 0 Å². The molecule has 0 spiro atoms. The standard InChI is InChI=1S/C19H26N8/c1-12-9-13(2)21-18(20-12)25(6)14-10-26(11-14)16-8-7-15-22-23-17(19(3,4)5)27(15)24-16/h7-9,14H,10-11H2,1-6H3. The number of aryl methyl sites for hydroxylation is 2. The Kier molecular flexibility index (Phi) is 4.01. The van der Waals surface area contributed by atoms with Gasteiger partial charge in [0, 0.05) is 36.9 Å². The zero-order valence-electron chi connectivity index (χ0n) is 16.8. The van der Waals surface area contributed by atoms with Gasteiger partial charge in [0.15, 0.2) is 11.5 Å². The molecule has 8 heteroatoms. The summed E-state index contributed by atoms with van der Waals surface area (Å²) in [5.74, 6) is 2.60. The van der Waals surface area contributed by atoms with Crippen molar-refractivity contribution in [1.29, 1.82) is 0 Å². The molecule has 1 fully saturated rings. The first-order chi connectivity index (χ1) is 12.7. The average Bonchev–Trinajstić information content (AvgIpc) is 2.95. The molecule has 1 aliphatic heterocycles. The van der Waals surface area contributed by atoms with E-state index in [1.165, 1.54) is 0 Å². The number of aromatic nitrogens is 6. The van der Waals surface area contributed by atoms with E-state index in [0.717, 1.165) is 47.7 Å². The van der Waals surface area contributed by atoms with Crippen molar-refractivity contribution in [3.05, 3.63) is 35.4 Å². The predicted octanol–water partition coefficient (Wildman–Crippen LogP) is 2.15. The van der Waals surface area contributed by atoms with Crippen molar-refractivity contribution in [2.75, 3.05) is 29.9 Å². The lowest BCUT2D eigenvalue weighted by molar-refractivity contribution is 0.480.